The number of rotatable bonds is 9. The smallest absolute Gasteiger partial charge is 0.237 e. The van der Waals surface area contributed by atoms with Crippen LogP contribution in [-0.2, 0) is 16.1 Å². The molecule has 0 aliphatic rings. The highest BCUT2D eigenvalue weighted by atomic mass is 35.5. The summed E-state index contributed by atoms with van der Waals surface area (Å²) in [7, 11) is 1.65. The number of hydrogen-bond donors (Lipinski definition) is 1. The van der Waals surface area contributed by atoms with Crippen LogP contribution in [0.15, 0.2) is 53.7 Å². The number of ether oxygens (including phenoxy) is 1. The van der Waals surface area contributed by atoms with Crippen molar-refractivity contribution in [3.63, 3.8) is 0 Å². The van der Waals surface area contributed by atoms with Crippen LogP contribution in [0.2, 0.25) is 5.02 Å². The van der Waals surface area contributed by atoms with E-state index < -0.39 is 11.1 Å². The Morgan fingerprint density at radius 3 is 2.73 bits per heavy atom. The third kappa shape index (κ3) is 5.81. The molecule has 0 spiro atoms. The van der Waals surface area contributed by atoms with Crippen molar-refractivity contribution in [3.8, 4) is 11.4 Å². The minimum absolute atomic E-state index is 0.245. The Bertz CT molecular complexity index is 997. The molecule has 1 aromatic heterocycles. The average Bonchev–Trinajstić information content (AvgIpc) is 3.11. The van der Waals surface area contributed by atoms with E-state index in [0.29, 0.717) is 34.8 Å². The first-order valence-corrected chi connectivity index (χ1v) is 10.6. The lowest BCUT2D eigenvalue weighted by atomic mass is 10.2. The zero-order valence-corrected chi connectivity index (χ0v) is 18.2. The third-order valence-corrected chi connectivity index (χ3v) is 5.63. The Labute approximate surface area is 183 Å². The first-order valence-electron chi connectivity index (χ1n) is 9.39. The van der Waals surface area contributed by atoms with Crippen molar-refractivity contribution in [1.29, 1.82) is 0 Å². The van der Waals surface area contributed by atoms with Crippen molar-refractivity contribution in [2.75, 3.05) is 19.0 Å². The van der Waals surface area contributed by atoms with Gasteiger partial charge in [-0.1, -0.05) is 29.4 Å². The van der Waals surface area contributed by atoms with Gasteiger partial charge in [-0.15, -0.1) is 10.2 Å². The third-order valence-electron chi connectivity index (χ3n) is 4.29. The number of nitrogens with zero attached hydrogens (tertiary/aromatic N) is 3. The summed E-state index contributed by atoms with van der Waals surface area (Å²) in [5.74, 6) is 0.0479. The van der Waals surface area contributed by atoms with Gasteiger partial charge in [-0.2, -0.15) is 0 Å². The van der Waals surface area contributed by atoms with Crippen LogP contribution in [0.5, 0.6) is 0 Å². The lowest BCUT2D eigenvalue weighted by Crippen LogP contribution is -2.23. The molecule has 1 heterocycles. The molecule has 0 bridgehead atoms. The summed E-state index contributed by atoms with van der Waals surface area (Å²) < 4.78 is 20.5. The molecule has 0 aliphatic carbocycles. The van der Waals surface area contributed by atoms with Gasteiger partial charge in [0.25, 0.3) is 0 Å². The summed E-state index contributed by atoms with van der Waals surface area (Å²) in [6.45, 7) is 3.01. The average molecular weight is 449 g/mol. The lowest BCUT2D eigenvalue weighted by molar-refractivity contribution is -0.115. The van der Waals surface area contributed by atoms with E-state index in [1.165, 1.54) is 23.9 Å². The van der Waals surface area contributed by atoms with Gasteiger partial charge in [0, 0.05) is 36.5 Å². The fraction of sp³-hybridized carbons (Fsp3) is 0.286. The molecule has 0 aliphatic heterocycles. The van der Waals surface area contributed by atoms with Gasteiger partial charge < -0.3 is 14.6 Å². The zero-order valence-electron chi connectivity index (χ0n) is 16.6. The molecule has 2 aromatic carbocycles. The Morgan fingerprint density at radius 1 is 1.27 bits per heavy atom. The van der Waals surface area contributed by atoms with Crippen LogP contribution >= 0.6 is 23.4 Å². The fourth-order valence-corrected chi connectivity index (χ4v) is 3.78. The molecule has 0 unspecified atom stereocenters. The summed E-state index contributed by atoms with van der Waals surface area (Å²) in [4.78, 5) is 12.6. The topological polar surface area (TPSA) is 69.0 Å². The molecule has 0 fully saturated rings. The monoisotopic (exact) mass is 448 g/mol. The van der Waals surface area contributed by atoms with E-state index in [4.69, 9.17) is 16.3 Å². The van der Waals surface area contributed by atoms with Crippen LogP contribution in [0.25, 0.3) is 11.4 Å². The van der Waals surface area contributed by atoms with Gasteiger partial charge in [-0.25, -0.2) is 4.39 Å². The predicted octanol–water partition coefficient (Wildman–Crippen LogP) is 4.89. The summed E-state index contributed by atoms with van der Waals surface area (Å²) in [6.07, 6.45) is 0.770. The molecule has 1 N–H and O–H groups in total. The van der Waals surface area contributed by atoms with Crippen molar-refractivity contribution < 1.29 is 13.9 Å². The molecule has 9 heteroatoms. The number of benzene rings is 2. The van der Waals surface area contributed by atoms with Crippen LogP contribution in [0, 0.1) is 5.82 Å². The van der Waals surface area contributed by atoms with Gasteiger partial charge >= 0.3 is 0 Å². The van der Waals surface area contributed by atoms with Crippen LogP contribution in [0.1, 0.15) is 13.3 Å². The standard InChI is InChI=1S/C21H22ClFN4O2S/c1-14(20(28)24-18-6-3-5-17(23)13-18)30-21-26-25-19(27(21)11-4-12-29-2)15-7-9-16(22)10-8-15/h3,5-10,13-14H,4,11-12H2,1-2H3,(H,24,28)/t14-/m1/s1. The number of thioether (sulfide) groups is 1. The quantitative estimate of drug-likeness (QED) is 0.372. The van der Waals surface area contributed by atoms with Crippen LogP contribution in [0.3, 0.4) is 0 Å². The SMILES string of the molecule is COCCCn1c(S[C@H](C)C(=O)Nc2cccc(F)c2)nnc1-c1ccc(Cl)cc1. The van der Waals surface area contributed by atoms with E-state index in [1.54, 1.807) is 38.3 Å². The number of hydrogen-bond acceptors (Lipinski definition) is 5. The number of halogens is 2. The largest absolute Gasteiger partial charge is 0.385 e. The van der Waals surface area contributed by atoms with Gasteiger partial charge in [-0.3, -0.25) is 4.79 Å². The minimum Gasteiger partial charge on any atom is -0.385 e. The lowest BCUT2D eigenvalue weighted by Gasteiger charge is -2.14. The first-order chi connectivity index (χ1) is 14.5. The number of nitrogens with one attached hydrogen (secondary N) is 1. The van der Waals surface area contributed by atoms with Gasteiger partial charge in [-0.05, 0) is 55.8 Å². The number of methoxy groups -OCH3 is 1. The summed E-state index contributed by atoms with van der Waals surface area (Å²) in [6, 6.07) is 13.2. The van der Waals surface area contributed by atoms with Crippen LogP contribution < -0.4 is 5.32 Å². The number of aromatic nitrogens is 3. The Balaban J connectivity index is 1.78. The Kier molecular flexibility index (Phi) is 7.84. The van der Waals surface area contributed by atoms with E-state index in [-0.39, 0.29) is 5.91 Å². The summed E-state index contributed by atoms with van der Waals surface area (Å²) in [5.41, 5.74) is 1.30. The van der Waals surface area contributed by atoms with Gasteiger partial charge in [0.2, 0.25) is 5.91 Å². The maximum atomic E-state index is 13.4. The second kappa shape index (κ2) is 10.6. The van der Waals surface area contributed by atoms with E-state index in [0.717, 1.165) is 12.0 Å². The minimum atomic E-state index is -0.461. The number of carbonyl (C=O) groups is 1. The summed E-state index contributed by atoms with van der Waals surface area (Å²) >= 11 is 7.29. The fourth-order valence-electron chi connectivity index (χ4n) is 2.78. The molecule has 158 valence electrons. The summed E-state index contributed by atoms with van der Waals surface area (Å²) in [5, 5.41) is 12.2. The maximum Gasteiger partial charge on any atom is 0.237 e. The molecular formula is C21H22ClFN4O2S. The molecule has 1 atom stereocenters. The van der Waals surface area contributed by atoms with Crippen molar-refractivity contribution in [2.45, 2.75) is 30.3 Å². The molecule has 0 saturated carbocycles. The predicted molar refractivity (Wildman–Crippen MR) is 117 cm³/mol. The Hall–Kier alpha value is -2.42. The van der Waals surface area contributed by atoms with E-state index in [2.05, 4.69) is 15.5 Å². The maximum absolute atomic E-state index is 13.4. The van der Waals surface area contributed by atoms with Crippen molar-refractivity contribution in [2.24, 2.45) is 0 Å². The van der Waals surface area contributed by atoms with Crippen molar-refractivity contribution in [3.05, 3.63) is 59.4 Å². The van der Waals surface area contributed by atoms with Crippen molar-refractivity contribution in [1.82, 2.24) is 14.8 Å². The molecule has 0 saturated heterocycles. The number of carbonyl (C=O) groups excluding carboxylic acids is 1. The Morgan fingerprint density at radius 2 is 2.03 bits per heavy atom. The first kappa shape index (κ1) is 22.3. The van der Waals surface area contributed by atoms with Crippen LogP contribution in [0.4, 0.5) is 10.1 Å². The normalized spacial score (nSPS) is 12.0. The highest BCUT2D eigenvalue weighted by molar-refractivity contribution is 8.00. The van der Waals surface area contributed by atoms with Crippen LogP contribution in [-0.4, -0.2) is 39.6 Å². The molecule has 30 heavy (non-hydrogen) atoms. The van der Waals surface area contributed by atoms with E-state index in [9.17, 15) is 9.18 Å². The molecule has 1 amide bonds. The van der Waals surface area contributed by atoms with Crippen molar-refractivity contribution >= 4 is 35.0 Å². The number of amides is 1. The molecule has 6 nitrogen and oxygen atoms in total. The number of anilines is 1. The molecule has 3 aromatic rings. The second-order valence-electron chi connectivity index (χ2n) is 6.57. The van der Waals surface area contributed by atoms with Gasteiger partial charge in [0.1, 0.15) is 5.82 Å². The van der Waals surface area contributed by atoms with E-state index >= 15 is 0 Å². The van der Waals surface area contributed by atoms with E-state index in [1.807, 2.05) is 16.7 Å². The van der Waals surface area contributed by atoms with Gasteiger partial charge in [0.15, 0.2) is 11.0 Å². The molecular weight excluding hydrogens is 427 g/mol. The highest BCUT2D eigenvalue weighted by Gasteiger charge is 2.21. The zero-order chi connectivity index (χ0) is 21.5. The second-order valence-corrected chi connectivity index (χ2v) is 8.32. The molecule has 0 radical (unpaired) electrons. The van der Waals surface area contributed by atoms with Gasteiger partial charge in [0.05, 0.1) is 5.25 Å². The highest BCUT2D eigenvalue weighted by Crippen LogP contribution is 2.28. The molecule has 3 rings (SSSR count).